The van der Waals surface area contributed by atoms with Gasteiger partial charge in [-0.15, -0.1) is 0 Å². The van der Waals surface area contributed by atoms with Crippen LogP contribution in [0.1, 0.15) is 10.4 Å². The van der Waals surface area contributed by atoms with Crippen LogP contribution in [0.25, 0.3) is 10.9 Å². The summed E-state index contributed by atoms with van der Waals surface area (Å²) in [5.41, 5.74) is 3.75. The second-order valence-corrected chi connectivity index (χ2v) is 6.98. The third-order valence-corrected chi connectivity index (χ3v) is 4.79. The number of fused-ring (bicyclic) bond motifs is 1. The fourth-order valence-corrected chi connectivity index (χ4v) is 3.12. The lowest BCUT2D eigenvalue weighted by Gasteiger charge is -2.11. The van der Waals surface area contributed by atoms with E-state index in [-0.39, 0.29) is 22.2 Å². The van der Waals surface area contributed by atoms with E-state index in [4.69, 9.17) is 16.3 Å². The lowest BCUT2D eigenvalue weighted by molar-refractivity contribution is -0.385. The highest BCUT2D eigenvalue weighted by molar-refractivity contribution is 6.32. The van der Waals surface area contributed by atoms with Gasteiger partial charge in [0.1, 0.15) is 16.9 Å². The van der Waals surface area contributed by atoms with Gasteiger partial charge in [0.2, 0.25) is 5.82 Å². The summed E-state index contributed by atoms with van der Waals surface area (Å²) in [5.74, 6) is -1.37. The molecule has 2 N–H and O–H groups in total. The maximum Gasteiger partial charge on any atom is 0.374 e. The Morgan fingerprint density at radius 3 is 2.56 bits per heavy atom. The molecule has 0 aliphatic heterocycles. The van der Waals surface area contributed by atoms with E-state index in [1.54, 1.807) is 36.5 Å². The minimum atomic E-state index is -0.826. The van der Waals surface area contributed by atoms with Crippen molar-refractivity contribution in [3.63, 3.8) is 0 Å². The zero-order chi connectivity index (χ0) is 24.2. The molecule has 14 heteroatoms. The molecule has 0 fully saturated rings. The van der Waals surface area contributed by atoms with Gasteiger partial charge in [0.15, 0.2) is 5.75 Å². The highest BCUT2D eigenvalue weighted by Crippen LogP contribution is 2.35. The SMILES string of the molecule is O=C(NNc1ncnc(Oc2cccc3cccnc23)c1[N+](=O)[O-])c1ccc(Cl)c([N+](=O)[O-])c1. The van der Waals surface area contributed by atoms with Crippen molar-refractivity contribution in [1.82, 2.24) is 20.4 Å². The number of amides is 1. The van der Waals surface area contributed by atoms with Crippen molar-refractivity contribution in [2.45, 2.75) is 0 Å². The smallest absolute Gasteiger partial charge is 0.374 e. The number of pyridine rings is 1. The van der Waals surface area contributed by atoms with Gasteiger partial charge in [0.25, 0.3) is 11.6 Å². The average molecular weight is 482 g/mol. The normalized spacial score (nSPS) is 10.5. The molecular formula is C20H12ClN7O6. The highest BCUT2D eigenvalue weighted by atomic mass is 35.5. The minimum Gasteiger partial charge on any atom is -0.431 e. The summed E-state index contributed by atoms with van der Waals surface area (Å²) in [6, 6.07) is 12.0. The van der Waals surface area contributed by atoms with Crippen LogP contribution in [0.4, 0.5) is 17.2 Å². The second-order valence-electron chi connectivity index (χ2n) is 6.57. The number of hydrogen-bond donors (Lipinski definition) is 2. The molecule has 0 saturated carbocycles. The molecule has 34 heavy (non-hydrogen) atoms. The number of benzene rings is 2. The van der Waals surface area contributed by atoms with Crippen molar-refractivity contribution in [2.24, 2.45) is 0 Å². The Morgan fingerprint density at radius 1 is 1.00 bits per heavy atom. The number of carbonyl (C=O) groups excluding carboxylic acids is 1. The van der Waals surface area contributed by atoms with Crippen molar-refractivity contribution < 1.29 is 19.4 Å². The summed E-state index contributed by atoms with van der Waals surface area (Å²) >= 11 is 5.75. The number of nitrogens with zero attached hydrogens (tertiary/aromatic N) is 5. The number of nitro benzene ring substituents is 1. The molecular weight excluding hydrogens is 470 g/mol. The first kappa shape index (κ1) is 22.3. The number of nitro groups is 2. The summed E-state index contributed by atoms with van der Waals surface area (Å²) < 4.78 is 5.67. The van der Waals surface area contributed by atoms with E-state index >= 15 is 0 Å². The number of nitrogens with one attached hydrogen (secondary N) is 2. The van der Waals surface area contributed by atoms with Crippen LogP contribution < -0.4 is 15.6 Å². The minimum absolute atomic E-state index is 0.112. The molecule has 0 bridgehead atoms. The summed E-state index contributed by atoms with van der Waals surface area (Å²) in [5, 5.41) is 23.4. The number of hydrazine groups is 1. The van der Waals surface area contributed by atoms with Gasteiger partial charge in [-0.3, -0.25) is 40.9 Å². The number of ether oxygens (including phenoxy) is 1. The van der Waals surface area contributed by atoms with Crippen molar-refractivity contribution in [2.75, 3.05) is 5.43 Å². The molecule has 2 heterocycles. The van der Waals surface area contributed by atoms with Gasteiger partial charge in [0.05, 0.1) is 9.85 Å². The molecule has 0 atom stereocenters. The Hall–Kier alpha value is -4.91. The second kappa shape index (κ2) is 9.30. The van der Waals surface area contributed by atoms with Crippen LogP contribution in [0, 0.1) is 20.2 Å². The largest absolute Gasteiger partial charge is 0.431 e. The monoisotopic (exact) mass is 481 g/mol. The third kappa shape index (κ3) is 4.49. The molecule has 4 rings (SSSR count). The summed E-state index contributed by atoms with van der Waals surface area (Å²) in [7, 11) is 0. The molecule has 4 aromatic rings. The molecule has 2 aromatic heterocycles. The standard InChI is InChI=1S/C20H12ClN7O6/c21-13-7-6-12(9-14(13)27(30)31)19(29)26-25-18-17(28(32)33)20(24-10-23-18)34-15-5-1-3-11-4-2-8-22-16(11)15/h1-10H,(H,26,29)(H,23,24,25). The first-order valence-electron chi connectivity index (χ1n) is 9.36. The number of hydrogen-bond acceptors (Lipinski definition) is 10. The number of para-hydroxylation sites is 1. The van der Waals surface area contributed by atoms with Gasteiger partial charge >= 0.3 is 11.6 Å². The van der Waals surface area contributed by atoms with Gasteiger partial charge in [-0.1, -0.05) is 29.8 Å². The zero-order valence-electron chi connectivity index (χ0n) is 16.8. The Labute approximate surface area is 194 Å². The first-order chi connectivity index (χ1) is 16.3. The lowest BCUT2D eigenvalue weighted by atomic mass is 10.2. The molecule has 2 aromatic carbocycles. The predicted molar refractivity (Wildman–Crippen MR) is 120 cm³/mol. The number of carbonyl (C=O) groups is 1. The maximum atomic E-state index is 12.4. The third-order valence-electron chi connectivity index (χ3n) is 4.47. The van der Waals surface area contributed by atoms with E-state index < -0.39 is 33.0 Å². The van der Waals surface area contributed by atoms with E-state index in [1.165, 1.54) is 12.1 Å². The van der Waals surface area contributed by atoms with Crippen LogP contribution in [0.2, 0.25) is 5.02 Å². The quantitative estimate of drug-likeness (QED) is 0.289. The number of rotatable bonds is 7. The Kier molecular flexibility index (Phi) is 6.09. The Bertz CT molecular complexity index is 1440. The van der Waals surface area contributed by atoms with Crippen LogP contribution in [0.5, 0.6) is 11.6 Å². The van der Waals surface area contributed by atoms with Crippen molar-refractivity contribution in [3.8, 4) is 11.6 Å². The van der Waals surface area contributed by atoms with E-state index in [2.05, 4.69) is 25.8 Å². The Balaban J connectivity index is 1.61. The Morgan fingerprint density at radius 2 is 1.79 bits per heavy atom. The van der Waals surface area contributed by atoms with Crippen LogP contribution in [-0.2, 0) is 0 Å². The molecule has 0 aliphatic rings. The van der Waals surface area contributed by atoms with Crippen LogP contribution in [0.3, 0.4) is 0 Å². The van der Waals surface area contributed by atoms with Gasteiger partial charge in [0, 0.05) is 23.2 Å². The van der Waals surface area contributed by atoms with Gasteiger partial charge < -0.3 is 4.74 Å². The average Bonchev–Trinajstić information content (AvgIpc) is 2.82. The fraction of sp³-hybridized carbons (Fsp3) is 0. The molecule has 0 saturated heterocycles. The van der Waals surface area contributed by atoms with Crippen molar-refractivity contribution in [1.29, 1.82) is 0 Å². The number of aromatic nitrogens is 3. The first-order valence-corrected chi connectivity index (χ1v) is 9.74. The van der Waals surface area contributed by atoms with Gasteiger partial charge in [-0.25, -0.2) is 4.98 Å². The predicted octanol–water partition coefficient (Wildman–Crippen LogP) is 4.04. The van der Waals surface area contributed by atoms with E-state index in [9.17, 15) is 25.0 Å². The van der Waals surface area contributed by atoms with E-state index in [1.807, 2.05) is 0 Å². The molecule has 1 amide bonds. The summed E-state index contributed by atoms with van der Waals surface area (Å²) in [4.78, 5) is 45.5. The zero-order valence-corrected chi connectivity index (χ0v) is 17.6. The van der Waals surface area contributed by atoms with Crippen LogP contribution >= 0.6 is 11.6 Å². The highest BCUT2D eigenvalue weighted by Gasteiger charge is 2.26. The van der Waals surface area contributed by atoms with Crippen molar-refractivity contribution >= 4 is 45.6 Å². The molecule has 0 spiro atoms. The van der Waals surface area contributed by atoms with Crippen LogP contribution in [0.15, 0.2) is 61.1 Å². The van der Waals surface area contributed by atoms with E-state index in [0.29, 0.717) is 5.52 Å². The number of halogens is 1. The van der Waals surface area contributed by atoms with E-state index in [0.717, 1.165) is 17.8 Å². The molecule has 13 nitrogen and oxygen atoms in total. The maximum absolute atomic E-state index is 12.4. The molecule has 170 valence electrons. The van der Waals surface area contributed by atoms with Gasteiger partial charge in [-0.05, 0) is 24.3 Å². The van der Waals surface area contributed by atoms with Gasteiger partial charge in [-0.2, -0.15) is 4.98 Å². The molecule has 0 radical (unpaired) electrons. The number of anilines is 1. The summed E-state index contributed by atoms with van der Waals surface area (Å²) in [6.45, 7) is 0. The molecule has 0 unspecified atom stereocenters. The molecule has 0 aliphatic carbocycles. The summed E-state index contributed by atoms with van der Waals surface area (Å²) in [6.07, 6.45) is 2.55. The van der Waals surface area contributed by atoms with Crippen LogP contribution in [-0.4, -0.2) is 30.7 Å². The topological polar surface area (TPSA) is 175 Å². The van der Waals surface area contributed by atoms with Crippen molar-refractivity contribution in [3.05, 3.63) is 91.9 Å². The lowest BCUT2D eigenvalue weighted by Crippen LogP contribution is -2.30. The fourth-order valence-electron chi connectivity index (χ4n) is 2.94.